The fourth-order valence-corrected chi connectivity index (χ4v) is 4.62. The van der Waals surface area contributed by atoms with Crippen LogP contribution in [-0.4, -0.2) is 28.2 Å². The Morgan fingerprint density at radius 1 is 1.62 bits per heavy atom. The van der Waals surface area contributed by atoms with Gasteiger partial charge in [0.2, 0.25) is 0 Å². The average Bonchev–Trinajstić information content (AvgIpc) is 2.25. The van der Waals surface area contributed by atoms with Crippen LogP contribution in [0.4, 0.5) is 0 Å². The van der Waals surface area contributed by atoms with Crippen molar-refractivity contribution < 1.29 is 9.53 Å². The summed E-state index contributed by atoms with van der Waals surface area (Å²) >= 11 is 3.33. The number of carbonyl (C=O) groups is 1. The second-order valence-corrected chi connectivity index (χ2v) is 7.08. The third-order valence-corrected chi connectivity index (χ3v) is 6.22. The fraction of sp³-hybridized carbons (Fsp3) is 0.750. The molecule has 1 rings (SSSR count). The molecule has 0 N–H and O–H groups in total. The van der Waals surface area contributed by atoms with Gasteiger partial charge < -0.3 is 4.74 Å². The molecule has 1 heterocycles. The first kappa shape index (κ1) is 14.0. The Morgan fingerprint density at radius 3 is 2.69 bits per heavy atom. The van der Waals surface area contributed by atoms with Gasteiger partial charge >= 0.3 is 5.97 Å². The van der Waals surface area contributed by atoms with Gasteiger partial charge in [0.25, 0.3) is 0 Å². The predicted molar refractivity (Wildman–Crippen MR) is 72.9 cm³/mol. The number of thioether (sulfide) groups is 2. The molecule has 0 aromatic rings. The molecule has 0 aliphatic carbocycles. The zero-order valence-corrected chi connectivity index (χ0v) is 12.3. The highest BCUT2D eigenvalue weighted by atomic mass is 32.2. The van der Waals surface area contributed by atoms with Gasteiger partial charge in [-0.3, -0.25) is 0 Å². The van der Waals surface area contributed by atoms with E-state index in [9.17, 15) is 4.79 Å². The van der Waals surface area contributed by atoms with Gasteiger partial charge in [-0.25, -0.2) is 4.79 Å². The van der Waals surface area contributed by atoms with Gasteiger partial charge in [-0.1, -0.05) is 11.1 Å². The number of allylic oxidation sites excluding steroid dienone is 1. The quantitative estimate of drug-likeness (QED) is 0.573. The highest BCUT2D eigenvalue weighted by molar-refractivity contribution is 8.19. The molecule has 1 aliphatic heterocycles. The Labute approximate surface area is 107 Å². The monoisotopic (exact) mass is 260 g/mol. The second-order valence-electron chi connectivity index (χ2n) is 4.08. The minimum Gasteiger partial charge on any atom is -0.464 e. The molecule has 0 aromatic carbocycles. The first-order valence-electron chi connectivity index (χ1n) is 5.53. The lowest BCUT2D eigenvalue weighted by Gasteiger charge is -2.37. The molecule has 2 unspecified atom stereocenters. The van der Waals surface area contributed by atoms with Crippen LogP contribution in [0.5, 0.6) is 0 Å². The van der Waals surface area contributed by atoms with Crippen LogP contribution in [0.3, 0.4) is 0 Å². The summed E-state index contributed by atoms with van der Waals surface area (Å²) in [4.78, 5) is 12.1. The van der Waals surface area contributed by atoms with Crippen molar-refractivity contribution in [2.45, 2.75) is 43.4 Å². The van der Waals surface area contributed by atoms with E-state index in [0.29, 0.717) is 11.9 Å². The van der Waals surface area contributed by atoms with E-state index in [1.54, 1.807) is 23.5 Å². The number of esters is 1. The van der Waals surface area contributed by atoms with E-state index in [2.05, 4.69) is 20.8 Å². The van der Waals surface area contributed by atoms with Crippen molar-refractivity contribution in [3.63, 3.8) is 0 Å². The van der Waals surface area contributed by atoms with Crippen molar-refractivity contribution in [2.75, 3.05) is 12.9 Å². The maximum Gasteiger partial charge on any atom is 0.332 e. The normalized spacial score (nSPS) is 30.4. The Morgan fingerprint density at radius 2 is 2.25 bits per heavy atom. The van der Waals surface area contributed by atoms with Gasteiger partial charge in [0, 0.05) is 11.7 Å². The largest absolute Gasteiger partial charge is 0.464 e. The minimum absolute atomic E-state index is 0.0776. The van der Waals surface area contributed by atoms with Crippen molar-refractivity contribution >= 4 is 29.5 Å². The van der Waals surface area contributed by atoms with Crippen LogP contribution in [0.2, 0.25) is 0 Å². The second kappa shape index (κ2) is 5.50. The fourth-order valence-electron chi connectivity index (χ4n) is 1.82. The zero-order chi connectivity index (χ0) is 12.3. The van der Waals surface area contributed by atoms with E-state index < -0.39 is 4.08 Å². The number of carbonyl (C=O) groups excluding carboxylic acids is 1. The third kappa shape index (κ3) is 2.59. The summed E-state index contributed by atoms with van der Waals surface area (Å²) in [7, 11) is 0. The summed E-state index contributed by atoms with van der Waals surface area (Å²) in [6.45, 7) is 8.75. The van der Waals surface area contributed by atoms with Gasteiger partial charge in [0.15, 0.2) is 4.08 Å². The predicted octanol–water partition coefficient (Wildman–Crippen LogP) is 3.47. The molecule has 92 valence electrons. The first-order valence-corrected chi connectivity index (χ1v) is 7.63. The van der Waals surface area contributed by atoms with Crippen molar-refractivity contribution in [2.24, 2.45) is 0 Å². The summed E-state index contributed by atoms with van der Waals surface area (Å²) in [6.07, 6.45) is 2.79. The Kier molecular flexibility index (Phi) is 4.80. The number of hydrogen-bond donors (Lipinski definition) is 0. The van der Waals surface area contributed by atoms with E-state index in [4.69, 9.17) is 4.74 Å². The number of rotatable bonds is 3. The Balaban J connectivity index is 2.96. The Bertz CT molecular complexity index is 312. The molecule has 0 bridgehead atoms. The van der Waals surface area contributed by atoms with Crippen LogP contribution in [0, 0.1) is 0 Å². The molecular formula is C12H20O2S2. The molecule has 16 heavy (non-hydrogen) atoms. The highest BCUT2D eigenvalue weighted by Crippen LogP contribution is 2.50. The van der Waals surface area contributed by atoms with Crippen molar-refractivity contribution in [3.05, 3.63) is 11.1 Å². The van der Waals surface area contributed by atoms with Gasteiger partial charge in [0.1, 0.15) is 0 Å². The molecule has 0 saturated carbocycles. The van der Waals surface area contributed by atoms with Crippen LogP contribution >= 0.6 is 23.5 Å². The molecular weight excluding hydrogens is 240 g/mol. The van der Waals surface area contributed by atoms with Crippen LogP contribution < -0.4 is 0 Å². The van der Waals surface area contributed by atoms with Crippen molar-refractivity contribution in [1.82, 2.24) is 0 Å². The van der Waals surface area contributed by atoms with Crippen molar-refractivity contribution in [3.8, 4) is 0 Å². The van der Waals surface area contributed by atoms with Crippen molar-refractivity contribution in [1.29, 1.82) is 0 Å². The van der Waals surface area contributed by atoms with E-state index in [-0.39, 0.29) is 5.97 Å². The molecule has 0 radical (unpaired) electrons. The van der Waals surface area contributed by atoms with Crippen LogP contribution in [0.25, 0.3) is 0 Å². The molecule has 2 atom stereocenters. The molecule has 1 aliphatic rings. The van der Waals surface area contributed by atoms with E-state index >= 15 is 0 Å². The van der Waals surface area contributed by atoms with Crippen LogP contribution in [-0.2, 0) is 9.53 Å². The topological polar surface area (TPSA) is 26.3 Å². The smallest absolute Gasteiger partial charge is 0.332 e. The van der Waals surface area contributed by atoms with E-state index in [0.717, 1.165) is 6.42 Å². The molecule has 0 fully saturated rings. The Hall–Kier alpha value is -0.0900. The highest BCUT2D eigenvalue weighted by Gasteiger charge is 2.44. The van der Waals surface area contributed by atoms with Gasteiger partial charge in [-0.05, 0) is 34.0 Å². The molecule has 0 aromatic heterocycles. The summed E-state index contributed by atoms with van der Waals surface area (Å²) in [6, 6.07) is 0. The molecule has 0 spiro atoms. The lowest BCUT2D eigenvalue weighted by molar-refractivity contribution is -0.143. The summed E-state index contributed by atoms with van der Waals surface area (Å²) in [5.41, 5.74) is 2.73. The van der Waals surface area contributed by atoms with Crippen LogP contribution in [0.15, 0.2) is 11.1 Å². The zero-order valence-electron chi connectivity index (χ0n) is 10.6. The standard InChI is InChI=1S/C12H20O2S2/c1-6-14-11(13)12(15-5)7-8(2)9(3)10(4)16-12/h10H,6-7H2,1-5H3. The first-order chi connectivity index (χ1) is 7.46. The van der Waals surface area contributed by atoms with E-state index in [1.807, 2.05) is 13.2 Å². The van der Waals surface area contributed by atoms with Gasteiger partial charge in [0.05, 0.1) is 6.61 Å². The molecule has 2 nitrogen and oxygen atoms in total. The molecule has 4 heteroatoms. The summed E-state index contributed by atoms with van der Waals surface area (Å²) < 4.78 is 4.77. The molecule has 0 saturated heterocycles. The van der Waals surface area contributed by atoms with Gasteiger partial charge in [-0.15, -0.1) is 23.5 Å². The maximum absolute atomic E-state index is 12.1. The SMILES string of the molecule is CCOC(=O)C1(SC)CC(C)=C(C)C(C)S1. The average molecular weight is 260 g/mol. The van der Waals surface area contributed by atoms with Gasteiger partial charge in [-0.2, -0.15) is 0 Å². The summed E-state index contributed by atoms with van der Waals surface area (Å²) in [5.74, 6) is -0.0776. The van der Waals surface area contributed by atoms with E-state index in [1.165, 1.54) is 11.1 Å². The van der Waals surface area contributed by atoms with Crippen LogP contribution in [0.1, 0.15) is 34.1 Å². The maximum atomic E-state index is 12.1. The lowest BCUT2D eigenvalue weighted by atomic mass is 10.0. The minimum atomic E-state index is -0.432. The number of hydrogen-bond acceptors (Lipinski definition) is 4. The summed E-state index contributed by atoms with van der Waals surface area (Å²) in [5, 5.41) is 0.394. The lowest BCUT2D eigenvalue weighted by Crippen LogP contribution is -2.38. The molecule has 0 amide bonds. The third-order valence-electron chi connectivity index (χ3n) is 3.06. The number of ether oxygens (including phenoxy) is 1.